The molecule has 1 aliphatic carbocycles. The molecule has 1 aliphatic rings. The topological polar surface area (TPSA) is 155 Å². The average molecular weight is 516 g/mol. The molecule has 0 saturated carbocycles. The van der Waals surface area contributed by atoms with Gasteiger partial charge in [0.05, 0.1) is 22.6 Å². The number of aromatic amines is 1. The summed E-state index contributed by atoms with van der Waals surface area (Å²) in [6, 6.07) is 20.3. The number of aliphatic hydroxyl groups excluding tert-OH is 2. The third kappa shape index (κ3) is 4.74. The van der Waals surface area contributed by atoms with Gasteiger partial charge in [-0.25, -0.2) is 4.79 Å². The minimum atomic E-state index is -1.37. The van der Waals surface area contributed by atoms with E-state index in [1.54, 1.807) is 0 Å². The summed E-state index contributed by atoms with van der Waals surface area (Å²) in [6.07, 6.45) is -2.25. The maximum absolute atomic E-state index is 12.4. The van der Waals surface area contributed by atoms with Crippen LogP contribution >= 0.6 is 0 Å². The quantitative estimate of drug-likeness (QED) is 0.206. The van der Waals surface area contributed by atoms with E-state index in [1.165, 1.54) is 18.2 Å². The fraction of sp³-hybridized carbons (Fsp3) is 0.214. The predicted octanol–water partition coefficient (Wildman–Crippen LogP) is 3.76. The highest BCUT2D eigenvalue weighted by Crippen LogP contribution is 2.44. The molecule has 1 heterocycles. The van der Waals surface area contributed by atoms with Crippen LogP contribution < -0.4 is 10.7 Å². The number of fused-ring (bicyclic) bond motifs is 4. The van der Waals surface area contributed by atoms with E-state index in [0.29, 0.717) is 5.52 Å². The maximum Gasteiger partial charge on any atom is 0.407 e. The zero-order valence-corrected chi connectivity index (χ0v) is 20.2. The van der Waals surface area contributed by atoms with Gasteiger partial charge in [-0.1, -0.05) is 54.6 Å². The molecule has 38 heavy (non-hydrogen) atoms. The largest absolute Gasteiger partial charge is 0.449 e. The number of benzene rings is 3. The van der Waals surface area contributed by atoms with Crippen LogP contribution in [0.2, 0.25) is 0 Å². The molecular weight excluding hydrogens is 490 g/mol. The SMILES string of the molecule is O=C(NCCC(O)C(O)c1ccc2[nH]cc([N+](=O)[O-])c(=O)c2c1)OCC1c2ccccc2-c2ccccc21. The Labute approximate surface area is 216 Å². The van der Waals surface area contributed by atoms with Crippen LogP contribution in [0.15, 0.2) is 77.7 Å². The van der Waals surface area contributed by atoms with Gasteiger partial charge in [0, 0.05) is 18.0 Å². The van der Waals surface area contributed by atoms with Crippen LogP contribution in [0.3, 0.4) is 0 Å². The minimum absolute atomic E-state index is 0.00862. The van der Waals surface area contributed by atoms with Crippen molar-refractivity contribution in [1.29, 1.82) is 0 Å². The van der Waals surface area contributed by atoms with Crippen LogP contribution in [0, 0.1) is 10.1 Å². The van der Waals surface area contributed by atoms with E-state index in [0.717, 1.165) is 28.5 Å². The maximum atomic E-state index is 12.4. The molecule has 0 saturated heterocycles. The molecule has 1 amide bonds. The van der Waals surface area contributed by atoms with E-state index in [4.69, 9.17) is 4.74 Å². The number of hydrogen-bond donors (Lipinski definition) is 4. The van der Waals surface area contributed by atoms with Gasteiger partial charge in [0.15, 0.2) is 0 Å². The summed E-state index contributed by atoms with van der Waals surface area (Å²) in [6.45, 7) is 0.192. The second-order valence-corrected chi connectivity index (χ2v) is 9.12. The molecule has 0 radical (unpaired) electrons. The van der Waals surface area contributed by atoms with Crippen LogP contribution in [0.5, 0.6) is 0 Å². The molecule has 4 N–H and O–H groups in total. The molecule has 4 aromatic rings. The number of carbonyl (C=O) groups excluding carboxylic acids is 1. The number of aliphatic hydroxyl groups is 2. The standard InChI is InChI=1S/C28H25N3O7/c32-25(26(33)16-9-10-23-21(13-16)27(34)24(14-30-23)31(36)37)11-12-29-28(35)38-15-22-19-7-3-1-5-17(19)18-6-2-4-8-20(18)22/h1-10,13-14,22,25-26,32-33H,11-12,15H2,(H,29,35)(H,30,34). The van der Waals surface area contributed by atoms with Gasteiger partial charge >= 0.3 is 11.8 Å². The zero-order valence-electron chi connectivity index (χ0n) is 20.2. The van der Waals surface area contributed by atoms with Crippen LogP contribution in [0.25, 0.3) is 22.0 Å². The van der Waals surface area contributed by atoms with Gasteiger partial charge in [-0.15, -0.1) is 0 Å². The molecule has 2 unspecified atom stereocenters. The Hall–Kier alpha value is -4.54. The van der Waals surface area contributed by atoms with E-state index in [1.807, 2.05) is 48.5 Å². The second kappa shape index (κ2) is 10.4. The Morgan fingerprint density at radius 2 is 1.71 bits per heavy atom. The number of amides is 1. The molecule has 1 aromatic heterocycles. The summed E-state index contributed by atoms with van der Waals surface area (Å²) >= 11 is 0. The molecule has 194 valence electrons. The number of H-pyrrole nitrogens is 1. The number of alkyl carbamates (subject to hydrolysis) is 1. The third-order valence-electron chi connectivity index (χ3n) is 6.84. The first-order valence-electron chi connectivity index (χ1n) is 12.1. The van der Waals surface area contributed by atoms with Crippen molar-refractivity contribution in [2.24, 2.45) is 0 Å². The summed E-state index contributed by atoms with van der Waals surface area (Å²) < 4.78 is 5.47. The van der Waals surface area contributed by atoms with Crippen LogP contribution in [0.4, 0.5) is 10.5 Å². The van der Waals surface area contributed by atoms with Crippen molar-refractivity contribution >= 4 is 22.7 Å². The van der Waals surface area contributed by atoms with E-state index in [2.05, 4.69) is 10.3 Å². The summed E-state index contributed by atoms with van der Waals surface area (Å²) in [7, 11) is 0. The predicted molar refractivity (Wildman–Crippen MR) is 140 cm³/mol. The van der Waals surface area contributed by atoms with Crippen molar-refractivity contribution in [2.75, 3.05) is 13.2 Å². The summed E-state index contributed by atoms with van der Waals surface area (Å²) in [5.41, 5.74) is 3.62. The fourth-order valence-corrected chi connectivity index (χ4v) is 4.90. The summed E-state index contributed by atoms with van der Waals surface area (Å²) in [5, 5.41) is 34.7. The molecule has 5 rings (SSSR count). The average Bonchev–Trinajstić information content (AvgIpc) is 3.25. The molecule has 2 atom stereocenters. The van der Waals surface area contributed by atoms with Gasteiger partial charge < -0.3 is 25.3 Å². The minimum Gasteiger partial charge on any atom is -0.449 e. The van der Waals surface area contributed by atoms with Gasteiger partial charge in [0.25, 0.3) is 5.43 Å². The molecule has 10 nitrogen and oxygen atoms in total. The first-order chi connectivity index (χ1) is 18.3. The Morgan fingerprint density at radius 1 is 1.05 bits per heavy atom. The third-order valence-corrected chi connectivity index (χ3v) is 6.84. The van der Waals surface area contributed by atoms with Gasteiger partial charge in [-0.3, -0.25) is 14.9 Å². The van der Waals surface area contributed by atoms with Crippen molar-refractivity contribution in [2.45, 2.75) is 24.5 Å². The molecule has 10 heteroatoms. The monoisotopic (exact) mass is 515 g/mol. The molecule has 0 fully saturated rings. The summed E-state index contributed by atoms with van der Waals surface area (Å²) in [5.74, 6) is -0.0764. The van der Waals surface area contributed by atoms with Crippen LogP contribution in [-0.4, -0.2) is 45.5 Å². The number of aromatic nitrogens is 1. The van der Waals surface area contributed by atoms with Crippen molar-refractivity contribution in [3.8, 4) is 11.1 Å². The lowest BCUT2D eigenvalue weighted by atomic mass is 9.98. The number of carbonyl (C=O) groups is 1. The van der Waals surface area contributed by atoms with E-state index >= 15 is 0 Å². The Balaban J connectivity index is 1.16. The smallest absolute Gasteiger partial charge is 0.407 e. The number of nitro groups is 1. The number of pyridine rings is 1. The second-order valence-electron chi connectivity index (χ2n) is 9.12. The van der Waals surface area contributed by atoms with E-state index in [-0.39, 0.29) is 36.4 Å². The first-order valence-corrected chi connectivity index (χ1v) is 12.1. The van der Waals surface area contributed by atoms with Gasteiger partial charge in [-0.05, 0) is 46.4 Å². The molecule has 0 bridgehead atoms. The summed E-state index contributed by atoms with van der Waals surface area (Å²) in [4.78, 5) is 37.7. The fourth-order valence-electron chi connectivity index (χ4n) is 4.90. The Bertz CT molecular complexity index is 1540. The van der Waals surface area contributed by atoms with Crippen molar-refractivity contribution < 1.29 is 24.7 Å². The molecule has 3 aromatic carbocycles. The Morgan fingerprint density at radius 3 is 2.37 bits per heavy atom. The van der Waals surface area contributed by atoms with Gasteiger partial charge in [-0.2, -0.15) is 0 Å². The molecule has 0 aliphatic heterocycles. The molecule has 0 spiro atoms. The highest BCUT2D eigenvalue weighted by molar-refractivity contribution is 5.81. The lowest BCUT2D eigenvalue weighted by molar-refractivity contribution is -0.386. The lowest BCUT2D eigenvalue weighted by Crippen LogP contribution is -2.30. The molecular formula is C28H25N3O7. The zero-order chi connectivity index (χ0) is 26.8. The van der Waals surface area contributed by atoms with Crippen LogP contribution in [-0.2, 0) is 4.74 Å². The number of ether oxygens (including phenoxy) is 1. The Kier molecular flexibility index (Phi) is 6.91. The van der Waals surface area contributed by atoms with Crippen molar-refractivity contribution in [1.82, 2.24) is 10.3 Å². The van der Waals surface area contributed by atoms with Crippen molar-refractivity contribution in [3.63, 3.8) is 0 Å². The number of nitrogens with zero attached hydrogens (tertiary/aromatic N) is 1. The lowest BCUT2D eigenvalue weighted by Gasteiger charge is -2.19. The van der Waals surface area contributed by atoms with Crippen LogP contribution in [0.1, 0.15) is 35.1 Å². The van der Waals surface area contributed by atoms with E-state index in [9.17, 15) is 29.9 Å². The number of rotatable bonds is 8. The highest BCUT2D eigenvalue weighted by Gasteiger charge is 2.29. The highest BCUT2D eigenvalue weighted by atomic mass is 16.6. The number of hydrogen-bond acceptors (Lipinski definition) is 7. The van der Waals surface area contributed by atoms with Gasteiger partial charge in [0.2, 0.25) is 0 Å². The first kappa shape index (κ1) is 25.1. The van der Waals surface area contributed by atoms with Crippen molar-refractivity contribution in [3.05, 3.63) is 110 Å². The van der Waals surface area contributed by atoms with E-state index < -0.39 is 34.3 Å². The normalized spacial score (nSPS) is 13.9. The number of nitrogens with one attached hydrogen (secondary N) is 2. The van der Waals surface area contributed by atoms with Gasteiger partial charge in [0.1, 0.15) is 12.7 Å².